The van der Waals surface area contributed by atoms with E-state index in [1.54, 1.807) is 6.92 Å². The number of nitrogens with zero attached hydrogens (tertiary/aromatic N) is 1. The van der Waals surface area contributed by atoms with Crippen molar-refractivity contribution < 1.29 is 14.5 Å². The Labute approximate surface area is 97.1 Å². The molecule has 0 bridgehead atoms. The number of non-ortho nitro benzene ring substituents is 1. The quantitative estimate of drug-likeness (QED) is 0.453. The molecule has 1 atom stereocenters. The minimum absolute atomic E-state index is 0.0885. The molecule has 1 rings (SSSR count). The maximum Gasteiger partial charge on any atom is 0.273 e. The van der Waals surface area contributed by atoms with Crippen LogP contribution in [0.25, 0.3) is 0 Å². The molecule has 0 saturated carbocycles. The lowest BCUT2D eigenvalue weighted by Gasteiger charge is -2.12. The van der Waals surface area contributed by atoms with Gasteiger partial charge < -0.3 is 4.74 Å². The van der Waals surface area contributed by atoms with E-state index in [1.807, 2.05) is 0 Å². The summed E-state index contributed by atoms with van der Waals surface area (Å²) < 4.78 is 5.23. The molecule has 0 fully saturated rings. The van der Waals surface area contributed by atoms with Gasteiger partial charge in [-0.05, 0) is 24.1 Å². The van der Waals surface area contributed by atoms with E-state index in [1.165, 1.54) is 24.3 Å². The molecule has 0 saturated heterocycles. The van der Waals surface area contributed by atoms with E-state index in [9.17, 15) is 14.9 Å². The number of halogens is 1. The summed E-state index contributed by atoms with van der Waals surface area (Å²) in [5.74, 6) is 0.259. The van der Waals surface area contributed by atoms with E-state index in [-0.39, 0.29) is 11.4 Å². The van der Waals surface area contributed by atoms with E-state index < -0.39 is 16.3 Å². The number of rotatable bonds is 5. The summed E-state index contributed by atoms with van der Waals surface area (Å²) in [5.41, 5.74) is -0.0885. The second kappa shape index (κ2) is 5.46. The maximum absolute atomic E-state index is 10.9. The summed E-state index contributed by atoms with van der Waals surface area (Å²) in [7, 11) is 0. The predicted octanol–water partition coefficient (Wildman–Crippen LogP) is 2.52. The molecule has 1 aromatic carbocycles. The van der Waals surface area contributed by atoms with Gasteiger partial charge in [-0.3, -0.25) is 14.9 Å². The molecule has 0 aliphatic heterocycles. The minimum Gasteiger partial charge on any atom is -0.481 e. The summed E-state index contributed by atoms with van der Waals surface area (Å²) in [4.78, 5) is 20.9. The number of nitro benzene ring substituents is 1. The van der Waals surface area contributed by atoms with Crippen LogP contribution in [0.2, 0.25) is 0 Å². The van der Waals surface area contributed by atoms with Crippen LogP contribution in [0.5, 0.6) is 5.75 Å². The Morgan fingerprint density at radius 3 is 2.81 bits per heavy atom. The highest BCUT2D eigenvalue weighted by Gasteiger charge is 2.16. The largest absolute Gasteiger partial charge is 0.481 e. The predicted molar refractivity (Wildman–Crippen MR) is 58.7 cm³/mol. The molecule has 0 radical (unpaired) electrons. The van der Waals surface area contributed by atoms with Crippen LogP contribution in [0, 0.1) is 10.1 Å². The summed E-state index contributed by atoms with van der Waals surface area (Å²) in [5, 5.41) is 9.88. The lowest BCUT2D eigenvalue weighted by atomic mass is 10.3. The van der Waals surface area contributed by atoms with Crippen molar-refractivity contribution in [2.75, 3.05) is 0 Å². The summed E-state index contributed by atoms with van der Waals surface area (Å²) >= 11 is 5.30. The van der Waals surface area contributed by atoms with Gasteiger partial charge in [0.25, 0.3) is 10.9 Å². The fraction of sp³-hybridized carbons (Fsp3) is 0.300. The van der Waals surface area contributed by atoms with Crippen molar-refractivity contribution in [3.63, 3.8) is 0 Å². The van der Waals surface area contributed by atoms with Gasteiger partial charge >= 0.3 is 0 Å². The van der Waals surface area contributed by atoms with E-state index in [2.05, 4.69) is 0 Å². The number of hydrogen-bond donors (Lipinski definition) is 0. The highest BCUT2D eigenvalue weighted by Crippen LogP contribution is 2.21. The zero-order chi connectivity index (χ0) is 12.1. The van der Waals surface area contributed by atoms with Crippen LogP contribution < -0.4 is 4.74 Å². The Morgan fingerprint density at radius 2 is 2.31 bits per heavy atom. The molecular formula is C10H10ClNO4. The fourth-order valence-electron chi connectivity index (χ4n) is 1.12. The number of benzene rings is 1. The molecule has 0 amide bonds. The zero-order valence-corrected chi connectivity index (χ0v) is 9.31. The van der Waals surface area contributed by atoms with E-state index in [0.29, 0.717) is 6.42 Å². The molecule has 0 aliphatic rings. The molecule has 0 heterocycles. The van der Waals surface area contributed by atoms with Crippen LogP contribution in [-0.2, 0) is 4.79 Å². The number of carbonyl (C=O) groups excluding carboxylic acids is 1. The molecule has 1 unspecified atom stereocenters. The second-order valence-electron chi connectivity index (χ2n) is 3.07. The summed E-state index contributed by atoms with van der Waals surface area (Å²) in [6, 6.07) is 5.62. The highest BCUT2D eigenvalue weighted by molar-refractivity contribution is 6.64. The van der Waals surface area contributed by atoms with Crippen LogP contribution in [0.3, 0.4) is 0 Å². The van der Waals surface area contributed by atoms with Crippen molar-refractivity contribution in [3.05, 3.63) is 34.4 Å². The highest BCUT2D eigenvalue weighted by atomic mass is 35.5. The van der Waals surface area contributed by atoms with Gasteiger partial charge in [0.1, 0.15) is 5.75 Å². The van der Waals surface area contributed by atoms with E-state index in [0.717, 1.165) is 0 Å². The van der Waals surface area contributed by atoms with E-state index in [4.69, 9.17) is 16.3 Å². The van der Waals surface area contributed by atoms with Crippen LogP contribution in [0.15, 0.2) is 24.3 Å². The first-order valence-corrected chi connectivity index (χ1v) is 5.03. The lowest BCUT2D eigenvalue weighted by Crippen LogP contribution is -2.22. The van der Waals surface area contributed by atoms with Gasteiger partial charge in [-0.1, -0.05) is 13.0 Å². The van der Waals surface area contributed by atoms with Crippen LogP contribution in [-0.4, -0.2) is 16.3 Å². The molecule has 5 nitrogen and oxygen atoms in total. The first-order valence-electron chi connectivity index (χ1n) is 4.65. The van der Waals surface area contributed by atoms with Crippen LogP contribution >= 0.6 is 11.6 Å². The van der Waals surface area contributed by atoms with Crippen molar-refractivity contribution in [2.45, 2.75) is 19.4 Å². The summed E-state index contributed by atoms with van der Waals surface area (Å²) in [6.45, 7) is 1.74. The van der Waals surface area contributed by atoms with Gasteiger partial charge in [-0.25, -0.2) is 0 Å². The average Bonchev–Trinajstić information content (AvgIpc) is 2.25. The third-order valence-electron chi connectivity index (χ3n) is 1.93. The van der Waals surface area contributed by atoms with E-state index >= 15 is 0 Å². The Bertz CT molecular complexity index is 408. The standard InChI is InChI=1S/C10H10ClNO4/c1-2-9(10(11)13)16-8-5-3-4-7(6-8)12(14)15/h3-6,9H,2H2,1H3. The lowest BCUT2D eigenvalue weighted by molar-refractivity contribution is -0.384. The topological polar surface area (TPSA) is 69.4 Å². The van der Waals surface area contributed by atoms with Crippen molar-refractivity contribution in [3.8, 4) is 5.75 Å². The maximum atomic E-state index is 10.9. The third kappa shape index (κ3) is 3.20. The normalized spacial score (nSPS) is 11.9. The van der Waals surface area contributed by atoms with Crippen LogP contribution in [0.1, 0.15) is 13.3 Å². The molecule has 6 heteroatoms. The number of hydrogen-bond acceptors (Lipinski definition) is 4. The second-order valence-corrected chi connectivity index (χ2v) is 3.45. The minimum atomic E-state index is -0.774. The molecule has 1 aromatic rings. The Balaban J connectivity index is 2.84. The Morgan fingerprint density at radius 1 is 1.62 bits per heavy atom. The monoisotopic (exact) mass is 243 g/mol. The number of nitro groups is 1. The van der Waals surface area contributed by atoms with Gasteiger partial charge in [0.15, 0.2) is 6.10 Å². The zero-order valence-electron chi connectivity index (χ0n) is 8.55. The Kier molecular flexibility index (Phi) is 4.25. The molecule has 0 aromatic heterocycles. The van der Waals surface area contributed by atoms with Gasteiger partial charge in [0.05, 0.1) is 11.0 Å². The molecular weight excluding hydrogens is 234 g/mol. The molecule has 0 spiro atoms. The molecule has 16 heavy (non-hydrogen) atoms. The smallest absolute Gasteiger partial charge is 0.273 e. The fourth-order valence-corrected chi connectivity index (χ4v) is 1.32. The van der Waals surface area contributed by atoms with Crippen molar-refractivity contribution in [1.29, 1.82) is 0 Å². The van der Waals surface area contributed by atoms with Crippen LogP contribution in [0.4, 0.5) is 5.69 Å². The van der Waals surface area contributed by atoms with Gasteiger partial charge in [-0.2, -0.15) is 0 Å². The SMILES string of the molecule is CCC(Oc1cccc([N+](=O)[O-])c1)C(=O)Cl. The number of ether oxygens (including phenoxy) is 1. The molecule has 86 valence electrons. The van der Waals surface area contributed by atoms with Crippen molar-refractivity contribution in [1.82, 2.24) is 0 Å². The van der Waals surface area contributed by atoms with Gasteiger partial charge in [0.2, 0.25) is 0 Å². The Hall–Kier alpha value is -1.62. The number of carbonyl (C=O) groups is 1. The molecule has 0 N–H and O–H groups in total. The average molecular weight is 244 g/mol. The first-order chi connectivity index (χ1) is 7.54. The van der Waals surface area contributed by atoms with Crippen molar-refractivity contribution >= 4 is 22.5 Å². The van der Waals surface area contributed by atoms with Gasteiger partial charge in [-0.15, -0.1) is 0 Å². The summed E-state index contributed by atoms with van der Waals surface area (Å²) in [6.07, 6.45) is -0.367. The van der Waals surface area contributed by atoms with Crippen molar-refractivity contribution in [2.24, 2.45) is 0 Å². The third-order valence-corrected chi connectivity index (χ3v) is 2.17. The first kappa shape index (κ1) is 12.4. The van der Waals surface area contributed by atoms with Gasteiger partial charge in [0, 0.05) is 6.07 Å². The molecule has 0 aliphatic carbocycles.